The molecule has 0 bridgehead atoms. The lowest BCUT2D eigenvalue weighted by Gasteiger charge is -2.06. The minimum absolute atomic E-state index is 0.195. The standard InChI is InChI=1S/C13H14BrFN2S/c1-7(2)12-11(18-13(16)17-12)6-8-5-9(14)3-4-10(8)15/h3-5,7H,6H2,1-2H3,(H2,16,17). The van der Waals surface area contributed by atoms with E-state index in [-0.39, 0.29) is 5.82 Å². The zero-order valence-electron chi connectivity index (χ0n) is 10.2. The van der Waals surface area contributed by atoms with Gasteiger partial charge in [0.25, 0.3) is 0 Å². The molecule has 96 valence electrons. The first kappa shape index (κ1) is 13.5. The first-order chi connectivity index (χ1) is 8.47. The third kappa shape index (κ3) is 2.90. The summed E-state index contributed by atoms with van der Waals surface area (Å²) in [6, 6.07) is 4.97. The highest BCUT2D eigenvalue weighted by molar-refractivity contribution is 9.10. The smallest absolute Gasteiger partial charge is 0.180 e. The molecule has 0 atom stereocenters. The van der Waals surface area contributed by atoms with Gasteiger partial charge in [-0.25, -0.2) is 9.37 Å². The van der Waals surface area contributed by atoms with Crippen LogP contribution < -0.4 is 5.73 Å². The maximum Gasteiger partial charge on any atom is 0.180 e. The number of hydrogen-bond acceptors (Lipinski definition) is 3. The van der Waals surface area contributed by atoms with Crippen molar-refractivity contribution >= 4 is 32.4 Å². The van der Waals surface area contributed by atoms with Crippen LogP contribution in [0.15, 0.2) is 22.7 Å². The summed E-state index contributed by atoms with van der Waals surface area (Å²) >= 11 is 4.80. The maximum atomic E-state index is 13.7. The topological polar surface area (TPSA) is 38.9 Å². The second-order valence-electron chi connectivity index (χ2n) is 4.43. The number of thiazole rings is 1. The molecule has 0 spiro atoms. The molecule has 0 saturated heterocycles. The van der Waals surface area contributed by atoms with E-state index in [1.807, 2.05) is 0 Å². The quantitative estimate of drug-likeness (QED) is 0.910. The molecule has 0 saturated carbocycles. The Morgan fingerprint density at radius 1 is 1.44 bits per heavy atom. The molecule has 18 heavy (non-hydrogen) atoms. The van der Waals surface area contributed by atoms with Gasteiger partial charge in [0.05, 0.1) is 5.69 Å². The van der Waals surface area contributed by atoms with Gasteiger partial charge in [-0.1, -0.05) is 29.8 Å². The summed E-state index contributed by atoms with van der Waals surface area (Å²) in [6.45, 7) is 4.13. The highest BCUT2D eigenvalue weighted by Gasteiger charge is 2.15. The number of hydrogen-bond donors (Lipinski definition) is 1. The predicted molar refractivity (Wildman–Crippen MR) is 77.5 cm³/mol. The van der Waals surface area contributed by atoms with Crippen molar-refractivity contribution in [3.05, 3.63) is 44.6 Å². The third-order valence-corrected chi connectivity index (χ3v) is 4.04. The zero-order valence-corrected chi connectivity index (χ0v) is 12.6. The van der Waals surface area contributed by atoms with E-state index >= 15 is 0 Å². The molecule has 0 unspecified atom stereocenters. The Labute approximate surface area is 118 Å². The Morgan fingerprint density at radius 3 is 2.83 bits per heavy atom. The second kappa shape index (κ2) is 5.36. The summed E-state index contributed by atoms with van der Waals surface area (Å²) in [5.74, 6) is 0.101. The number of halogens is 2. The van der Waals surface area contributed by atoms with Crippen molar-refractivity contribution in [1.29, 1.82) is 0 Å². The first-order valence-electron chi connectivity index (χ1n) is 5.66. The lowest BCUT2D eigenvalue weighted by molar-refractivity contribution is 0.613. The van der Waals surface area contributed by atoms with Crippen molar-refractivity contribution in [2.24, 2.45) is 0 Å². The number of aromatic nitrogens is 1. The molecule has 1 heterocycles. The Bertz CT molecular complexity index is 566. The van der Waals surface area contributed by atoms with Crippen LogP contribution in [0.5, 0.6) is 0 Å². The second-order valence-corrected chi connectivity index (χ2v) is 6.46. The average molecular weight is 329 g/mol. The molecule has 0 aliphatic rings. The highest BCUT2D eigenvalue weighted by atomic mass is 79.9. The van der Waals surface area contributed by atoms with E-state index in [0.717, 1.165) is 15.0 Å². The van der Waals surface area contributed by atoms with Crippen molar-refractivity contribution in [3.63, 3.8) is 0 Å². The number of anilines is 1. The van der Waals surface area contributed by atoms with Crippen LogP contribution in [0.1, 0.15) is 35.9 Å². The SMILES string of the molecule is CC(C)c1nc(N)sc1Cc1cc(Br)ccc1F. The number of benzene rings is 1. The van der Waals surface area contributed by atoms with Crippen molar-refractivity contribution in [2.45, 2.75) is 26.2 Å². The molecular weight excluding hydrogens is 315 g/mol. The molecule has 2 nitrogen and oxygen atoms in total. The molecule has 2 rings (SSSR count). The van der Waals surface area contributed by atoms with Crippen LogP contribution in [0.25, 0.3) is 0 Å². The summed E-state index contributed by atoms with van der Waals surface area (Å²) in [5.41, 5.74) is 7.37. The Balaban J connectivity index is 2.36. The minimum atomic E-state index is -0.195. The summed E-state index contributed by atoms with van der Waals surface area (Å²) < 4.78 is 14.6. The van der Waals surface area contributed by atoms with Crippen molar-refractivity contribution < 1.29 is 4.39 Å². The predicted octanol–water partition coefficient (Wildman–Crippen LogP) is 4.34. The van der Waals surface area contributed by atoms with Crippen LogP contribution >= 0.6 is 27.3 Å². The molecule has 2 aromatic rings. The van der Waals surface area contributed by atoms with Crippen LogP contribution in [-0.2, 0) is 6.42 Å². The van der Waals surface area contributed by atoms with Crippen LogP contribution in [0, 0.1) is 5.82 Å². The van der Waals surface area contributed by atoms with Gasteiger partial charge in [0.15, 0.2) is 5.13 Å². The van der Waals surface area contributed by atoms with E-state index in [9.17, 15) is 4.39 Å². The van der Waals surface area contributed by atoms with Gasteiger partial charge in [-0.05, 0) is 29.7 Å². The zero-order chi connectivity index (χ0) is 13.3. The van der Waals surface area contributed by atoms with E-state index in [4.69, 9.17) is 5.73 Å². The van der Waals surface area contributed by atoms with Gasteiger partial charge >= 0.3 is 0 Å². The van der Waals surface area contributed by atoms with E-state index in [1.54, 1.807) is 12.1 Å². The number of rotatable bonds is 3. The van der Waals surface area contributed by atoms with Crippen molar-refractivity contribution in [1.82, 2.24) is 4.98 Å². The summed E-state index contributed by atoms with van der Waals surface area (Å²) in [7, 11) is 0. The largest absolute Gasteiger partial charge is 0.375 e. The first-order valence-corrected chi connectivity index (χ1v) is 7.27. The van der Waals surface area contributed by atoms with Crippen molar-refractivity contribution in [2.75, 3.05) is 5.73 Å². The van der Waals surface area contributed by atoms with Crippen LogP contribution in [0.4, 0.5) is 9.52 Å². The van der Waals surface area contributed by atoms with Gasteiger partial charge in [0, 0.05) is 15.8 Å². The Kier molecular flexibility index (Phi) is 4.02. The highest BCUT2D eigenvalue weighted by Crippen LogP contribution is 2.30. The number of nitrogens with two attached hydrogens (primary N) is 1. The van der Waals surface area contributed by atoms with Gasteiger partial charge in [-0.2, -0.15) is 0 Å². The molecular formula is C13H14BrFN2S. The fraction of sp³-hybridized carbons (Fsp3) is 0.308. The van der Waals surface area contributed by atoms with Gasteiger partial charge < -0.3 is 5.73 Å². The lowest BCUT2D eigenvalue weighted by Crippen LogP contribution is -1.97. The molecule has 1 aromatic heterocycles. The molecule has 0 aliphatic heterocycles. The molecule has 0 amide bonds. The summed E-state index contributed by atoms with van der Waals surface area (Å²) in [5, 5.41) is 0.545. The average Bonchev–Trinajstić information content (AvgIpc) is 2.65. The van der Waals surface area contributed by atoms with E-state index in [1.165, 1.54) is 17.4 Å². The van der Waals surface area contributed by atoms with E-state index < -0.39 is 0 Å². The fourth-order valence-electron chi connectivity index (χ4n) is 1.81. The fourth-order valence-corrected chi connectivity index (χ4v) is 3.23. The Hall–Kier alpha value is -0.940. The van der Waals surface area contributed by atoms with Gasteiger partial charge in [-0.3, -0.25) is 0 Å². The molecule has 0 aliphatic carbocycles. The maximum absolute atomic E-state index is 13.7. The van der Waals surface area contributed by atoms with Gasteiger partial charge in [-0.15, -0.1) is 11.3 Å². The van der Waals surface area contributed by atoms with Crippen LogP contribution in [0.2, 0.25) is 0 Å². The number of nitrogens with zero attached hydrogens (tertiary/aromatic N) is 1. The molecule has 1 aromatic carbocycles. The molecule has 0 radical (unpaired) electrons. The molecule has 0 fully saturated rings. The van der Waals surface area contributed by atoms with Crippen molar-refractivity contribution in [3.8, 4) is 0 Å². The lowest BCUT2D eigenvalue weighted by atomic mass is 10.0. The Morgan fingerprint density at radius 2 is 2.17 bits per heavy atom. The monoisotopic (exact) mass is 328 g/mol. The van der Waals surface area contributed by atoms with E-state index in [2.05, 4.69) is 34.8 Å². The number of nitrogen functional groups attached to an aromatic ring is 1. The third-order valence-electron chi connectivity index (χ3n) is 2.65. The normalized spacial score (nSPS) is 11.2. The van der Waals surface area contributed by atoms with Crippen LogP contribution in [0.3, 0.4) is 0 Å². The van der Waals surface area contributed by atoms with Crippen LogP contribution in [-0.4, -0.2) is 4.98 Å². The van der Waals surface area contributed by atoms with E-state index in [0.29, 0.717) is 23.0 Å². The molecule has 5 heteroatoms. The van der Waals surface area contributed by atoms with Gasteiger partial charge in [0.1, 0.15) is 5.82 Å². The minimum Gasteiger partial charge on any atom is -0.375 e. The summed E-state index contributed by atoms with van der Waals surface area (Å²) in [4.78, 5) is 5.36. The summed E-state index contributed by atoms with van der Waals surface area (Å²) in [6.07, 6.45) is 0.535. The molecule has 2 N–H and O–H groups in total. The van der Waals surface area contributed by atoms with Gasteiger partial charge in [0.2, 0.25) is 0 Å².